The number of ether oxygens (including phenoxy) is 1. The normalized spacial score (nSPS) is 17.6. The molecule has 1 aromatic rings. The first kappa shape index (κ1) is 11.5. The van der Waals surface area contributed by atoms with Crippen LogP contribution in [0, 0.1) is 6.92 Å². The quantitative estimate of drug-likeness (QED) is 0.856. The molecule has 2 N–H and O–H groups in total. The van der Waals surface area contributed by atoms with Crippen molar-refractivity contribution in [2.24, 2.45) is 5.73 Å². The van der Waals surface area contributed by atoms with E-state index in [2.05, 4.69) is 6.08 Å². The lowest BCUT2D eigenvalue weighted by Crippen LogP contribution is -2.17. The summed E-state index contributed by atoms with van der Waals surface area (Å²) in [5.41, 5.74) is 8.21. The van der Waals surface area contributed by atoms with Crippen LogP contribution in [0.3, 0.4) is 0 Å². The molecule has 0 aliphatic carbocycles. The van der Waals surface area contributed by atoms with E-state index in [1.807, 2.05) is 25.1 Å². The van der Waals surface area contributed by atoms with Crippen LogP contribution in [0.2, 0.25) is 5.02 Å². The molecule has 0 radical (unpaired) electrons. The number of nitrogens with two attached hydrogens (primary N) is 1. The highest BCUT2D eigenvalue weighted by Gasteiger charge is 2.16. The maximum absolute atomic E-state index is 6.14. The number of allylic oxidation sites excluding steroid dienone is 1. The fraction of sp³-hybridized carbons (Fsp3) is 0.385. The van der Waals surface area contributed by atoms with Crippen LogP contribution in [0.1, 0.15) is 30.0 Å². The number of benzene rings is 1. The van der Waals surface area contributed by atoms with Gasteiger partial charge in [-0.1, -0.05) is 23.7 Å². The summed E-state index contributed by atoms with van der Waals surface area (Å²) < 4.78 is 5.56. The molecule has 1 atom stereocenters. The molecule has 0 amide bonds. The average molecular weight is 238 g/mol. The summed E-state index contributed by atoms with van der Waals surface area (Å²) in [6.45, 7) is 2.74. The Morgan fingerprint density at radius 1 is 1.44 bits per heavy atom. The summed E-state index contributed by atoms with van der Waals surface area (Å²) in [6.07, 6.45) is 4.19. The van der Waals surface area contributed by atoms with Gasteiger partial charge >= 0.3 is 0 Å². The van der Waals surface area contributed by atoms with Crippen molar-refractivity contribution in [3.8, 4) is 0 Å². The van der Waals surface area contributed by atoms with E-state index in [9.17, 15) is 0 Å². The molecule has 0 aromatic heterocycles. The van der Waals surface area contributed by atoms with Gasteiger partial charge in [0.1, 0.15) is 5.76 Å². The van der Waals surface area contributed by atoms with Crippen molar-refractivity contribution in [2.45, 2.75) is 25.8 Å². The number of aryl methyl sites for hydroxylation is 1. The lowest BCUT2D eigenvalue weighted by Gasteiger charge is -2.21. The largest absolute Gasteiger partial charge is 0.496 e. The zero-order chi connectivity index (χ0) is 11.5. The van der Waals surface area contributed by atoms with E-state index in [4.69, 9.17) is 22.1 Å². The third-order valence-electron chi connectivity index (χ3n) is 2.82. The predicted molar refractivity (Wildman–Crippen MR) is 66.4 cm³/mol. The van der Waals surface area contributed by atoms with E-state index in [-0.39, 0.29) is 6.04 Å². The first-order valence-corrected chi connectivity index (χ1v) is 5.91. The SMILES string of the molecule is Cc1ccc(C(N)C2=CCCCO2)cc1Cl. The van der Waals surface area contributed by atoms with Crippen LogP contribution in [0.4, 0.5) is 0 Å². The number of halogens is 1. The van der Waals surface area contributed by atoms with Gasteiger partial charge < -0.3 is 10.5 Å². The molecule has 86 valence electrons. The molecule has 1 aliphatic rings. The molecule has 0 saturated carbocycles. The number of hydrogen-bond acceptors (Lipinski definition) is 2. The Morgan fingerprint density at radius 3 is 2.88 bits per heavy atom. The summed E-state index contributed by atoms with van der Waals surface area (Å²) >= 11 is 6.08. The monoisotopic (exact) mass is 237 g/mol. The van der Waals surface area contributed by atoms with E-state index in [1.165, 1.54) is 0 Å². The fourth-order valence-electron chi connectivity index (χ4n) is 1.76. The molecule has 0 bridgehead atoms. The van der Waals surface area contributed by atoms with Gasteiger partial charge in [0, 0.05) is 5.02 Å². The standard InChI is InChI=1S/C13H16ClNO/c1-9-5-6-10(8-11(9)14)13(15)12-4-2-3-7-16-12/h4-6,8,13H,2-3,7,15H2,1H3. The minimum absolute atomic E-state index is 0.196. The zero-order valence-corrected chi connectivity index (χ0v) is 10.1. The van der Waals surface area contributed by atoms with Gasteiger partial charge in [0.05, 0.1) is 12.6 Å². The summed E-state index contributed by atoms with van der Waals surface area (Å²) in [5.74, 6) is 0.867. The number of hydrogen-bond donors (Lipinski definition) is 1. The van der Waals surface area contributed by atoms with Crippen LogP contribution in [0.25, 0.3) is 0 Å². The molecule has 1 aromatic carbocycles. The van der Waals surface area contributed by atoms with Gasteiger partial charge in [-0.3, -0.25) is 0 Å². The summed E-state index contributed by atoms with van der Waals surface area (Å²) in [6, 6.07) is 5.71. The molecule has 16 heavy (non-hydrogen) atoms. The van der Waals surface area contributed by atoms with E-state index in [1.54, 1.807) is 0 Å². The Bertz CT molecular complexity index is 414. The number of rotatable bonds is 2. The van der Waals surface area contributed by atoms with Gasteiger partial charge in [0.2, 0.25) is 0 Å². The van der Waals surface area contributed by atoms with Crippen LogP contribution in [0.15, 0.2) is 30.0 Å². The second kappa shape index (κ2) is 4.89. The van der Waals surface area contributed by atoms with Crippen molar-refractivity contribution in [1.29, 1.82) is 0 Å². The van der Waals surface area contributed by atoms with Gasteiger partial charge in [-0.2, -0.15) is 0 Å². The molecule has 3 heteroatoms. The van der Waals surface area contributed by atoms with Crippen molar-refractivity contribution in [3.05, 3.63) is 46.2 Å². The lowest BCUT2D eigenvalue weighted by atomic mass is 10.0. The lowest BCUT2D eigenvalue weighted by molar-refractivity contribution is 0.176. The summed E-state index contributed by atoms with van der Waals surface area (Å²) in [4.78, 5) is 0. The highest BCUT2D eigenvalue weighted by molar-refractivity contribution is 6.31. The second-order valence-electron chi connectivity index (χ2n) is 4.08. The van der Waals surface area contributed by atoms with Crippen molar-refractivity contribution in [3.63, 3.8) is 0 Å². The van der Waals surface area contributed by atoms with E-state index in [0.29, 0.717) is 0 Å². The minimum atomic E-state index is -0.196. The minimum Gasteiger partial charge on any atom is -0.496 e. The van der Waals surface area contributed by atoms with E-state index >= 15 is 0 Å². The third kappa shape index (κ3) is 2.39. The van der Waals surface area contributed by atoms with Crippen molar-refractivity contribution >= 4 is 11.6 Å². The van der Waals surface area contributed by atoms with Crippen LogP contribution >= 0.6 is 11.6 Å². The molecular weight excluding hydrogens is 222 g/mol. The van der Waals surface area contributed by atoms with Gasteiger partial charge in [0.25, 0.3) is 0 Å². The van der Waals surface area contributed by atoms with E-state index in [0.717, 1.165) is 41.4 Å². The fourth-order valence-corrected chi connectivity index (χ4v) is 1.95. The Labute approximate surface area is 101 Å². The van der Waals surface area contributed by atoms with Crippen molar-refractivity contribution in [1.82, 2.24) is 0 Å². The zero-order valence-electron chi connectivity index (χ0n) is 9.37. The molecule has 1 unspecified atom stereocenters. The second-order valence-corrected chi connectivity index (χ2v) is 4.49. The Morgan fingerprint density at radius 2 is 2.25 bits per heavy atom. The molecule has 1 aliphatic heterocycles. The van der Waals surface area contributed by atoms with Crippen LogP contribution < -0.4 is 5.73 Å². The van der Waals surface area contributed by atoms with Crippen molar-refractivity contribution in [2.75, 3.05) is 6.61 Å². The van der Waals surface area contributed by atoms with Crippen LogP contribution in [0.5, 0.6) is 0 Å². The molecular formula is C13H16ClNO. The molecule has 2 rings (SSSR count). The molecule has 0 saturated heterocycles. The van der Waals surface area contributed by atoms with Crippen molar-refractivity contribution < 1.29 is 4.74 Å². The van der Waals surface area contributed by atoms with Crippen LogP contribution in [-0.2, 0) is 4.74 Å². The van der Waals surface area contributed by atoms with E-state index < -0.39 is 0 Å². The third-order valence-corrected chi connectivity index (χ3v) is 3.23. The first-order chi connectivity index (χ1) is 7.68. The maximum Gasteiger partial charge on any atom is 0.113 e. The van der Waals surface area contributed by atoms with Gasteiger partial charge in [-0.05, 0) is 43.0 Å². The maximum atomic E-state index is 6.14. The highest BCUT2D eigenvalue weighted by atomic mass is 35.5. The summed E-state index contributed by atoms with van der Waals surface area (Å²) in [7, 11) is 0. The smallest absolute Gasteiger partial charge is 0.113 e. The predicted octanol–water partition coefficient (Wildman–Crippen LogP) is 3.34. The van der Waals surface area contributed by atoms with Gasteiger partial charge in [-0.15, -0.1) is 0 Å². The van der Waals surface area contributed by atoms with Crippen LogP contribution in [-0.4, -0.2) is 6.61 Å². The molecule has 0 fully saturated rings. The van der Waals surface area contributed by atoms with Gasteiger partial charge in [-0.25, -0.2) is 0 Å². The van der Waals surface area contributed by atoms with Gasteiger partial charge in [0.15, 0.2) is 0 Å². The Kier molecular flexibility index (Phi) is 3.52. The highest BCUT2D eigenvalue weighted by Crippen LogP contribution is 2.26. The average Bonchev–Trinajstić information content (AvgIpc) is 2.33. The first-order valence-electron chi connectivity index (χ1n) is 5.53. The Hall–Kier alpha value is -0.990. The molecule has 1 heterocycles. The molecule has 2 nitrogen and oxygen atoms in total. The summed E-state index contributed by atoms with van der Waals surface area (Å²) in [5, 5.41) is 0.754. The Balaban J connectivity index is 2.22. The topological polar surface area (TPSA) is 35.2 Å². The molecule has 0 spiro atoms.